The van der Waals surface area contributed by atoms with Crippen LogP contribution in [0.25, 0.3) is 0 Å². The molecule has 0 saturated heterocycles. The third kappa shape index (κ3) is 4.23. The Labute approximate surface area is 144 Å². The van der Waals surface area contributed by atoms with Crippen molar-refractivity contribution in [1.29, 1.82) is 0 Å². The quantitative estimate of drug-likeness (QED) is 0.709. The van der Waals surface area contributed by atoms with Crippen molar-refractivity contribution in [3.05, 3.63) is 59.8 Å². The fourth-order valence-corrected chi connectivity index (χ4v) is 2.27. The van der Waals surface area contributed by atoms with Gasteiger partial charge in [-0.25, -0.2) is 4.68 Å². The molecular formula is C17H19N5O3. The minimum Gasteiger partial charge on any atom is -0.486 e. The molecule has 0 aliphatic carbocycles. The number of benzene rings is 1. The van der Waals surface area contributed by atoms with Gasteiger partial charge in [0.1, 0.15) is 18.1 Å². The average molecular weight is 341 g/mol. The maximum Gasteiger partial charge on any atom is 0.251 e. The zero-order valence-corrected chi connectivity index (χ0v) is 14.0. The Hall–Kier alpha value is -3.16. The summed E-state index contributed by atoms with van der Waals surface area (Å²) in [6, 6.07) is 10.7. The van der Waals surface area contributed by atoms with Gasteiger partial charge >= 0.3 is 0 Å². The maximum absolute atomic E-state index is 12.2. The number of ether oxygens (including phenoxy) is 1. The van der Waals surface area contributed by atoms with Gasteiger partial charge in [0.2, 0.25) is 0 Å². The number of hydrogen-bond acceptors (Lipinski definition) is 6. The minimum atomic E-state index is -0.200. The summed E-state index contributed by atoms with van der Waals surface area (Å²) in [5.41, 5.74) is 0.507. The van der Waals surface area contributed by atoms with Gasteiger partial charge in [-0.1, -0.05) is 6.07 Å². The van der Waals surface area contributed by atoms with Crippen molar-refractivity contribution in [2.45, 2.75) is 33.0 Å². The zero-order valence-electron chi connectivity index (χ0n) is 14.0. The van der Waals surface area contributed by atoms with Gasteiger partial charge in [0.15, 0.2) is 5.82 Å². The summed E-state index contributed by atoms with van der Waals surface area (Å²) in [5, 5.41) is 14.3. The Morgan fingerprint density at radius 1 is 1.32 bits per heavy atom. The first-order chi connectivity index (χ1) is 12.1. The van der Waals surface area contributed by atoms with E-state index in [1.165, 1.54) is 0 Å². The number of carbonyl (C=O) groups is 1. The van der Waals surface area contributed by atoms with Crippen molar-refractivity contribution >= 4 is 5.91 Å². The number of furan rings is 1. The van der Waals surface area contributed by atoms with E-state index in [1.807, 2.05) is 13.8 Å². The van der Waals surface area contributed by atoms with E-state index in [4.69, 9.17) is 9.15 Å². The summed E-state index contributed by atoms with van der Waals surface area (Å²) in [6.07, 6.45) is 1.57. The Bertz CT molecular complexity index is 826. The smallest absolute Gasteiger partial charge is 0.251 e. The van der Waals surface area contributed by atoms with E-state index in [0.717, 1.165) is 0 Å². The lowest BCUT2D eigenvalue weighted by Crippen LogP contribution is -2.22. The summed E-state index contributed by atoms with van der Waals surface area (Å²) < 4.78 is 12.6. The largest absolute Gasteiger partial charge is 0.486 e. The molecule has 130 valence electrons. The summed E-state index contributed by atoms with van der Waals surface area (Å²) in [4.78, 5) is 12.2. The van der Waals surface area contributed by atoms with Crippen molar-refractivity contribution in [3.63, 3.8) is 0 Å². The number of hydrogen-bond donors (Lipinski definition) is 1. The summed E-state index contributed by atoms with van der Waals surface area (Å²) in [7, 11) is 0. The highest BCUT2D eigenvalue weighted by Gasteiger charge is 2.11. The maximum atomic E-state index is 12.2. The summed E-state index contributed by atoms with van der Waals surface area (Å²) in [5.74, 6) is 1.70. The molecule has 3 aromatic rings. The third-order valence-electron chi connectivity index (χ3n) is 3.52. The lowest BCUT2D eigenvalue weighted by atomic mass is 10.2. The highest BCUT2D eigenvalue weighted by atomic mass is 16.5. The highest BCUT2D eigenvalue weighted by molar-refractivity contribution is 5.94. The van der Waals surface area contributed by atoms with Gasteiger partial charge in [-0.3, -0.25) is 4.79 Å². The average Bonchev–Trinajstić information content (AvgIpc) is 3.29. The fourth-order valence-electron chi connectivity index (χ4n) is 2.27. The first kappa shape index (κ1) is 16.7. The topological polar surface area (TPSA) is 95.1 Å². The van der Waals surface area contributed by atoms with Crippen molar-refractivity contribution in [2.75, 3.05) is 0 Å². The van der Waals surface area contributed by atoms with Crippen LogP contribution in [0.1, 0.15) is 41.8 Å². The zero-order chi connectivity index (χ0) is 17.6. The Kier molecular flexibility index (Phi) is 5.08. The van der Waals surface area contributed by atoms with Crippen LogP contribution in [-0.2, 0) is 13.2 Å². The number of carbonyl (C=O) groups excluding carboxylic acids is 1. The van der Waals surface area contributed by atoms with Crippen molar-refractivity contribution in [3.8, 4) is 5.75 Å². The van der Waals surface area contributed by atoms with Crippen LogP contribution in [-0.4, -0.2) is 26.1 Å². The molecule has 0 unspecified atom stereocenters. The van der Waals surface area contributed by atoms with Gasteiger partial charge in [-0.15, -0.1) is 5.10 Å². The van der Waals surface area contributed by atoms with Crippen LogP contribution in [0, 0.1) is 0 Å². The van der Waals surface area contributed by atoms with Crippen molar-refractivity contribution in [1.82, 2.24) is 25.5 Å². The second kappa shape index (κ2) is 7.61. The molecule has 0 fully saturated rings. The Morgan fingerprint density at radius 2 is 2.20 bits per heavy atom. The first-order valence-corrected chi connectivity index (χ1v) is 7.93. The van der Waals surface area contributed by atoms with E-state index in [9.17, 15) is 4.79 Å². The van der Waals surface area contributed by atoms with E-state index >= 15 is 0 Å². The summed E-state index contributed by atoms with van der Waals surface area (Å²) in [6.45, 7) is 4.54. The molecular weight excluding hydrogens is 322 g/mol. The second-order valence-corrected chi connectivity index (χ2v) is 5.71. The van der Waals surface area contributed by atoms with Gasteiger partial charge in [0.05, 0.1) is 18.8 Å². The van der Waals surface area contributed by atoms with E-state index in [1.54, 1.807) is 47.3 Å². The monoisotopic (exact) mass is 341 g/mol. The molecule has 2 heterocycles. The minimum absolute atomic E-state index is 0.146. The normalized spacial score (nSPS) is 10.8. The molecule has 3 rings (SSSR count). The van der Waals surface area contributed by atoms with Gasteiger partial charge < -0.3 is 14.5 Å². The Balaban J connectivity index is 1.61. The molecule has 0 atom stereocenters. The van der Waals surface area contributed by atoms with E-state index in [0.29, 0.717) is 29.4 Å². The molecule has 0 spiro atoms. The molecule has 0 aliphatic heterocycles. The van der Waals surface area contributed by atoms with Crippen LogP contribution >= 0.6 is 0 Å². The van der Waals surface area contributed by atoms with Gasteiger partial charge in [0.25, 0.3) is 5.91 Å². The van der Waals surface area contributed by atoms with Crippen molar-refractivity contribution in [2.24, 2.45) is 0 Å². The molecule has 1 aromatic carbocycles. The van der Waals surface area contributed by atoms with E-state index in [2.05, 4.69) is 20.8 Å². The predicted molar refractivity (Wildman–Crippen MR) is 88.9 cm³/mol. The molecule has 0 saturated carbocycles. The number of rotatable bonds is 7. The van der Waals surface area contributed by atoms with Crippen molar-refractivity contribution < 1.29 is 13.9 Å². The molecule has 0 aliphatic rings. The number of aromatic nitrogens is 4. The molecule has 0 radical (unpaired) electrons. The predicted octanol–water partition coefficient (Wildman–Crippen LogP) is 2.36. The second-order valence-electron chi connectivity index (χ2n) is 5.71. The number of amides is 1. The lowest BCUT2D eigenvalue weighted by Gasteiger charge is -2.10. The third-order valence-corrected chi connectivity index (χ3v) is 3.52. The van der Waals surface area contributed by atoms with Crippen LogP contribution in [0.15, 0.2) is 47.1 Å². The molecule has 8 nitrogen and oxygen atoms in total. The standard InChI is InChI=1S/C17H19N5O3/c1-12(2)22-16(19-20-21-22)11-25-14-6-3-5-13(9-14)17(23)18-10-15-7-4-8-24-15/h3-9,12H,10-11H2,1-2H3,(H,18,23). The molecule has 1 N–H and O–H groups in total. The first-order valence-electron chi connectivity index (χ1n) is 7.93. The van der Waals surface area contributed by atoms with Gasteiger partial charge in [-0.2, -0.15) is 0 Å². The highest BCUT2D eigenvalue weighted by Crippen LogP contribution is 2.15. The Morgan fingerprint density at radius 3 is 2.96 bits per heavy atom. The van der Waals surface area contributed by atoms with Crippen LogP contribution in [0.3, 0.4) is 0 Å². The number of tetrazole rings is 1. The summed E-state index contributed by atoms with van der Waals surface area (Å²) >= 11 is 0. The van der Waals surface area contributed by atoms with E-state index < -0.39 is 0 Å². The van der Waals surface area contributed by atoms with Crippen LogP contribution in [0.5, 0.6) is 5.75 Å². The number of nitrogens with zero attached hydrogens (tertiary/aromatic N) is 4. The molecule has 25 heavy (non-hydrogen) atoms. The van der Waals surface area contributed by atoms with Crippen LogP contribution < -0.4 is 10.1 Å². The van der Waals surface area contributed by atoms with Gasteiger partial charge in [0, 0.05) is 5.56 Å². The molecule has 1 amide bonds. The van der Waals surface area contributed by atoms with Crippen LogP contribution in [0.2, 0.25) is 0 Å². The number of nitrogens with one attached hydrogen (secondary N) is 1. The SMILES string of the molecule is CC(C)n1nnnc1COc1cccc(C(=O)NCc2ccco2)c1. The molecule has 2 aromatic heterocycles. The van der Waals surface area contributed by atoms with Gasteiger partial charge in [-0.05, 0) is 54.6 Å². The molecule has 0 bridgehead atoms. The lowest BCUT2D eigenvalue weighted by molar-refractivity contribution is 0.0947. The van der Waals surface area contributed by atoms with Crippen LogP contribution in [0.4, 0.5) is 0 Å². The molecule has 8 heteroatoms. The fraction of sp³-hybridized carbons (Fsp3) is 0.294. The van der Waals surface area contributed by atoms with E-state index in [-0.39, 0.29) is 18.6 Å².